The van der Waals surface area contributed by atoms with Crippen LogP contribution in [0, 0.1) is 5.82 Å². The van der Waals surface area contributed by atoms with Crippen molar-refractivity contribution in [2.45, 2.75) is 17.9 Å². The van der Waals surface area contributed by atoms with Crippen LogP contribution in [0.25, 0.3) is 0 Å². The first kappa shape index (κ1) is 22.3. The smallest absolute Gasteiger partial charge is 0.242 e. The average molecular weight is 459 g/mol. The summed E-state index contributed by atoms with van der Waals surface area (Å²) >= 11 is 1.47. The number of rotatable bonds is 6. The van der Waals surface area contributed by atoms with Crippen molar-refractivity contribution in [1.29, 1.82) is 0 Å². The summed E-state index contributed by atoms with van der Waals surface area (Å²) in [5, 5.41) is 0. The molecule has 0 N–H and O–H groups in total. The van der Waals surface area contributed by atoms with Gasteiger partial charge in [0, 0.05) is 17.5 Å². The Kier molecular flexibility index (Phi) is 6.76. The van der Waals surface area contributed by atoms with E-state index >= 15 is 0 Å². The van der Waals surface area contributed by atoms with Gasteiger partial charge in [0.15, 0.2) is 5.78 Å². The van der Waals surface area contributed by atoms with E-state index < -0.39 is 5.82 Å². The van der Waals surface area contributed by atoms with Crippen molar-refractivity contribution in [3.8, 4) is 5.75 Å². The summed E-state index contributed by atoms with van der Waals surface area (Å²) in [7, 11) is 0. The number of benzene rings is 2. The van der Waals surface area contributed by atoms with Gasteiger partial charge in [0.2, 0.25) is 11.8 Å². The van der Waals surface area contributed by atoms with E-state index in [0.29, 0.717) is 25.4 Å². The zero-order valence-corrected chi connectivity index (χ0v) is 18.4. The van der Waals surface area contributed by atoms with Gasteiger partial charge in [0.25, 0.3) is 0 Å². The molecule has 0 saturated carbocycles. The quantitative estimate of drug-likeness (QED) is 0.620. The number of anilines is 1. The molecule has 1 atom stereocenters. The highest BCUT2D eigenvalue weighted by Gasteiger charge is 2.30. The molecule has 0 bridgehead atoms. The lowest BCUT2D eigenvalue weighted by Crippen LogP contribution is -2.51. The monoisotopic (exact) mass is 458 g/mol. The fourth-order valence-electron chi connectivity index (χ4n) is 3.67. The Morgan fingerprint density at radius 1 is 1.25 bits per heavy atom. The second-order valence-corrected chi connectivity index (χ2v) is 8.59. The Bertz CT molecular complexity index is 1050. The van der Waals surface area contributed by atoms with Crippen LogP contribution in [-0.4, -0.2) is 67.2 Å². The van der Waals surface area contributed by atoms with Crippen LogP contribution in [0.4, 0.5) is 10.1 Å². The molecule has 2 aliphatic heterocycles. The minimum Gasteiger partial charge on any atom is -0.491 e. The predicted octanol–water partition coefficient (Wildman–Crippen LogP) is 2.77. The number of morpholine rings is 1. The van der Waals surface area contributed by atoms with E-state index in [2.05, 4.69) is 0 Å². The summed E-state index contributed by atoms with van der Waals surface area (Å²) in [6.45, 7) is 2.49. The molecule has 1 fully saturated rings. The molecule has 0 aliphatic carbocycles. The molecule has 4 rings (SSSR count). The van der Waals surface area contributed by atoms with Gasteiger partial charge in [0.05, 0.1) is 30.2 Å². The summed E-state index contributed by atoms with van der Waals surface area (Å²) in [4.78, 5) is 40.9. The third-order valence-electron chi connectivity index (χ3n) is 5.35. The van der Waals surface area contributed by atoms with Crippen LogP contribution in [0.2, 0.25) is 0 Å². The van der Waals surface area contributed by atoms with E-state index in [-0.39, 0.29) is 48.2 Å². The third kappa shape index (κ3) is 4.94. The molecular weight excluding hydrogens is 435 g/mol. The summed E-state index contributed by atoms with van der Waals surface area (Å²) in [5.41, 5.74) is 0.765. The van der Waals surface area contributed by atoms with Gasteiger partial charge in [-0.25, -0.2) is 4.39 Å². The molecule has 32 heavy (non-hydrogen) atoms. The van der Waals surface area contributed by atoms with Crippen LogP contribution in [0.5, 0.6) is 5.75 Å². The van der Waals surface area contributed by atoms with Crippen LogP contribution >= 0.6 is 11.8 Å². The molecule has 1 unspecified atom stereocenters. The fraction of sp³-hybridized carbons (Fsp3) is 0.348. The first-order valence-electron chi connectivity index (χ1n) is 10.3. The van der Waals surface area contributed by atoms with Gasteiger partial charge < -0.3 is 19.3 Å². The topological polar surface area (TPSA) is 76.2 Å². The number of fused-ring (bicyclic) bond motifs is 1. The zero-order valence-electron chi connectivity index (χ0n) is 17.6. The highest BCUT2D eigenvalue weighted by Crippen LogP contribution is 2.34. The number of ether oxygens (including phenoxy) is 2. The highest BCUT2D eigenvalue weighted by molar-refractivity contribution is 8.00. The van der Waals surface area contributed by atoms with E-state index in [9.17, 15) is 18.8 Å². The van der Waals surface area contributed by atoms with Crippen molar-refractivity contribution in [3.63, 3.8) is 0 Å². The van der Waals surface area contributed by atoms with Gasteiger partial charge in [-0.15, -0.1) is 11.8 Å². The summed E-state index contributed by atoms with van der Waals surface area (Å²) in [5.74, 6) is -0.653. The summed E-state index contributed by atoms with van der Waals surface area (Å²) in [6.07, 6.45) is -0.386. The SMILES string of the molecule is CC(=O)c1ccc(OCC2CN(C(=O)CN3C(=O)CSc4ccccc43)CCO2)cc1F. The molecule has 0 radical (unpaired) electrons. The Hall–Kier alpha value is -2.91. The van der Waals surface area contributed by atoms with E-state index in [4.69, 9.17) is 9.47 Å². The van der Waals surface area contributed by atoms with Gasteiger partial charge >= 0.3 is 0 Å². The first-order chi connectivity index (χ1) is 15.4. The molecule has 2 aliphatic rings. The van der Waals surface area contributed by atoms with Crippen molar-refractivity contribution in [2.24, 2.45) is 0 Å². The third-order valence-corrected chi connectivity index (χ3v) is 6.40. The standard InChI is InChI=1S/C23H23FN2O5S/c1-15(27)18-7-6-16(10-19(18)24)31-13-17-11-25(8-9-30-17)22(28)12-26-20-4-2-3-5-21(20)32-14-23(26)29/h2-7,10,17H,8-9,11-14H2,1H3. The van der Waals surface area contributed by atoms with Crippen molar-refractivity contribution in [1.82, 2.24) is 4.90 Å². The number of ketones is 1. The van der Waals surface area contributed by atoms with Gasteiger partial charge in [-0.2, -0.15) is 0 Å². The Labute approximate surface area is 189 Å². The van der Waals surface area contributed by atoms with E-state index in [0.717, 1.165) is 10.6 Å². The number of halogens is 1. The van der Waals surface area contributed by atoms with Gasteiger partial charge in [-0.3, -0.25) is 14.4 Å². The number of para-hydroxylation sites is 1. The predicted molar refractivity (Wildman–Crippen MR) is 118 cm³/mol. The maximum Gasteiger partial charge on any atom is 0.242 e. The number of nitrogens with zero attached hydrogens (tertiary/aromatic N) is 2. The lowest BCUT2D eigenvalue weighted by Gasteiger charge is -2.35. The molecule has 168 valence electrons. The molecule has 2 aromatic rings. The van der Waals surface area contributed by atoms with Gasteiger partial charge in [0.1, 0.15) is 30.8 Å². The fourth-order valence-corrected chi connectivity index (χ4v) is 4.61. The normalized spacial score (nSPS) is 18.3. The van der Waals surface area contributed by atoms with Crippen LogP contribution in [0.3, 0.4) is 0 Å². The number of carbonyl (C=O) groups is 3. The lowest BCUT2D eigenvalue weighted by molar-refractivity contribution is -0.139. The number of hydrogen-bond acceptors (Lipinski definition) is 6. The van der Waals surface area contributed by atoms with Crippen LogP contribution in [-0.2, 0) is 14.3 Å². The molecule has 2 amide bonds. The van der Waals surface area contributed by atoms with Crippen LogP contribution in [0.1, 0.15) is 17.3 Å². The molecule has 2 heterocycles. The number of thioether (sulfide) groups is 1. The lowest BCUT2D eigenvalue weighted by atomic mass is 10.1. The van der Waals surface area contributed by atoms with E-state index in [1.165, 1.54) is 41.8 Å². The maximum atomic E-state index is 14.0. The molecule has 0 spiro atoms. The first-order valence-corrected chi connectivity index (χ1v) is 11.3. The van der Waals surface area contributed by atoms with E-state index in [1.54, 1.807) is 4.90 Å². The van der Waals surface area contributed by atoms with Crippen molar-refractivity contribution in [3.05, 3.63) is 53.8 Å². The summed E-state index contributed by atoms with van der Waals surface area (Å²) in [6, 6.07) is 11.6. The number of carbonyl (C=O) groups excluding carboxylic acids is 3. The molecule has 2 aromatic carbocycles. The van der Waals surface area contributed by atoms with Crippen molar-refractivity contribution in [2.75, 3.05) is 43.5 Å². The Balaban J connectivity index is 1.35. The van der Waals surface area contributed by atoms with E-state index in [1.807, 2.05) is 24.3 Å². The van der Waals surface area contributed by atoms with Crippen LogP contribution < -0.4 is 9.64 Å². The molecule has 9 heteroatoms. The number of amides is 2. The average Bonchev–Trinajstić information content (AvgIpc) is 2.79. The van der Waals surface area contributed by atoms with Crippen molar-refractivity contribution >= 4 is 35.0 Å². The summed E-state index contributed by atoms with van der Waals surface area (Å²) < 4.78 is 25.3. The van der Waals surface area contributed by atoms with Gasteiger partial charge in [-0.05, 0) is 31.2 Å². The number of hydrogen-bond donors (Lipinski definition) is 0. The maximum absolute atomic E-state index is 14.0. The van der Waals surface area contributed by atoms with Gasteiger partial charge in [-0.1, -0.05) is 12.1 Å². The second kappa shape index (κ2) is 9.70. The Morgan fingerprint density at radius 3 is 2.84 bits per heavy atom. The zero-order chi connectivity index (χ0) is 22.7. The second-order valence-electron chi connectivity index (χ2n) is 7.58. The molecule has 0 aromatic heterocycles. The van der Waals surface area contributed by atoms with Crippen LogP contribution in [0.15, 0.2) is 47.4 Å². The Morgan fingerprint density at radius 2 is 2.06 bits per heavy atom. The number of Topliss-reactive ketones (excluding diaryl/α,β-unsaturated/α-hetero) is 1. The minimum atomic E-state index is -0.638. The minimum absolute atomic E-state index is 0.00951. The molecule has 7 nitrogen and oxygen atoms in total. The van der Waals surface area contributed by atoms with Crippen molar-refractivity contribution < 1.29 is 28.2 Å². The largest absolute Gasteiger partial charge is 0.491 e. The molecular formula is C23H23FN2O5S. The highest BCUT2D eigenvalue weighted by atomic mass is 32.2. The molecule has 1 saturated heterocycles.